The highest BCUT2D eigenvalue weighted by molar-refractivity contribution is 5.69. The molecule has 0 saturated carbocycles. The molecule has 0 radical (unpaired) electrons. The average Bonchev–Trinajstić information content (AvgIpc) is 2.53. The molecule has 0 spiro atoms. The van der Waals surface area contributed by atoms with Gasteiger partial charge in [-0.05, 0) is 49.1 Å². The van der Waals surface area contributed by atoms with Gasteiger partial charge in [0.15, 0.2) is 0 Å². The topological polar surface area (TPSA) is 49.8 Å². The number of amides is 1. The van der Waals surface area contributed by atoms with Gasteiger partial charge in [0, 0.05) is 6.04 Å². The predicted octanol–water partition coefficient (Wildman–Crippen LogP) is 4.04. The lowest BCUT2D eigenvalue weighted by atomic mass is 9.89. The van der Waals surface area contributed by atoms with Crippen LogP contribution in [0.3, 0.4) is 0 Å². The number of fused-ring (bicyclic) bond motifs is 1. The molecule has 4 nitrogen and oxygen atoms in total. The Kier molecular flexibility index (Phi) is 4.24. The summed E-state index contributed by atoms with van der Waals surface area (Å²) >= 11 is 0. The summed E-state index contributed by atoms with van der Waals surface area (Å²) in [6.07, 6.45) is 0.418. The molecule has 3 rings (SSSR count). The number of aromatic hydroxyl groups is 1. The number of hydrogen-bond donors (Lipinski definition) is 1. The third kappa shape index (κ3) is 3.16. The number of phenolic OH excluding ortho intramolecular Hbond substituents is 1. The van der Waals surface area contributed by atoms with Crippen molar-refractivity contribution in [3.63, 3.8) is 0 Å². The van der Waals surface area contributed by atoms with Gasteiger partial charge in [0.2, 0.25) is 0 Å². The number of benzene rings is 2. The zero-order valence-electron chi connectivity index (χ0n) is 13.4. The van der Waals surface area contributed by atoms with Gasteiger partial charge in [0.25, 0.3) is 0 Å². The molecule has 2 atom stereocenters. The average molecular weight is 311 g/mol. The molecule has 0 aliphatic carbocycles. The minimum Gasteiger partial charge on any atom is -0.508 e. The summed E-state index contributed by atoms with van der Waals surface area (Å²) < 4.78 is 5.48. The van der Waals surface area contributed by atoms with Gasteiger partial charge in [-0.1, -0.05) is 36.4 Å². The predicted molar refractivity (Wildman–Crippen MR) is 88.2 cm³/mol. The maximum Gasteiger partial charge on any atom is 0.410 e. The Balaban J connectivity index is 1.74. The van der Waals surface area contributed by atoms with Crippen molar-refractivity contribution in [3.8, 4) is 5.75 Å². The number of ether oxygens (including phenoxy) is 1. The summed E-state index contributed by atoms with van der Waals surface area (Å²) in [6, 6.07) is 15.0. The van der Waals surface area contributed by atoms with Gasteiger partial charge in [-0.2, -0.15) is 0 Å². The number of phenols is 1. The fourth-order valence-corrected chi connectivity index (χ4v) is 3.26. The molecular formula is C19H21NO3. The van der Waals surface area contributed by atoms with Crippen molar-refractivity contribution in [3.05, 3.63) is 65.2 Å². The van der Waals surface area contributed by atoms with Crippen LogP contribution in [0.4, 0.5) is 4.79 Å². The van der Waals surface area contributed by atoms with Crippen LogP contribution in [-0.2, 0) is 17.8 Å². The fourth-order valence-electron chi connectivity index (χ4n) is 3.26. The second-order valence-electron chi connectivity index (χ2n) is 6.06. The van der Waals surface area contributed by atoms with Crippen LogP contribution >= 0.6 is 0 Å². The van der Waals surface area contributed by atoms with Gasteiger partial charge in [0.05, 0.1) is 6.04 Å². The van der Waals surface area contributed by atoms with Gasteiger partial charge < -0.3 is 9.84 Å². The first-order chi connectivity index (χ1) is 11.1. The quantitative estimate of drug-likeness (QED) is 0.910. The SMILES string of the molecule is CC1Cc2cc(O)ccc2C(C)N1C(=O)OCc1ccccc1. The monoisotopic (exact) mass is 311 g/mol. The van der Waals surface area contributed by atoms with E-state index in [1.165, 1.54) is 0 Å². The molecule has 0 saturated heterocycles. The second kappa shape index (κ2) is 6.32. The van der Waals surface area contributed by atoms with Crippen molar-refractivity contribution in [1.29, 1.82) is 0 Å². The third-order valence-corrected chi connectivity index (χ3v) is 4.40. The van der Waals surface area contributed by atoms with E-state index in [-0.39, 0.29) is 30.5 Å². The molecule has 23 heavy (non-hydrogen) atoms. The summed E-state index contributed by atoms with van der Waals surface area (Å²) in [5.74, 6) is 0.267. The molecule has 2 unspecified atom stereocenters. The lowest BCUT2D eigenvalue weighted by molar-refractivity contribution is 0.0625. The van der Waals surface area contributed by atoms with Crippen LogP contribution in [0.1, 0.15) is 36.6 Å². The van der Waals surface area contributed by atoms with E-state index in [2.05, 4.69) is 0 Å². The molecule has 1 aliphatic rings. The smallest absolute Gasteiger partial charge is 0.410 e. The first-order valence-corrected chi connectivity index (χ1v) is 7.87. The molecule has 2 aromatic carbocycles. The molecule has 1 amide bonds. The van der Waals surface area contributed by atoms with Gasteiger partial charge in [-0.25, -0.2) is 4.79 Å². The highest BCUT2D eigenvalue weighted by atomic mass is 16.6. The maximum absolute atomic E-state index is 12.5. The lowest BCUT2D eigenvalue weighted by Gasteiger charge is -2.39. The van der Waals surface area contributed by atoms with Crippen LogP contribution in [0.5, 0.6) is 5.75 Å². The molecular weight excluding hydrogens is 290 g/mol. The molecule has 120 valence electrons. The van der Waals surface area contributed by atoms with E-state index < -0.39 is 0 Å². The van der Waals surface area contributed by atoms with Crippen LogP contribution in [0.15, 0.2) is 48.5 Å². The van der Waals surface area contributed by atoms with Crippen molar-refractivity contribution in [2.45, 2.75) is 39.0 Å². The zero-order valence-corrected chi connectivity index (χ0v) is 13.4. The molecule has 2 aromatic rings. The summed E-state index contributed by atoms with van der Waals surface area (Å²) in [4.78, 5) is 14.3. The molecule has 0 fully saturated rings. The van der Waals surface area contributed by atoms with Crippen LogP contribution in [-0.4, -0.2) is 22.1 Å². The van der Waals surface area contributed by atoms with E-state index >= 15 is 0 Å². The Hall–Kier alpha value is -2.49. The first kappa shape index (κ1) is 15.4. The van der Waals surface area contributed by atoms with Crippen molar-refractivity contribution < 1.29 is 14.6 Å². The third-order valence-electron chi connectivity index (χ3n) is 4.40. The Morgan fingerprint density at radius 1 is 1.22 bits per heavy atom. The summed E-state index contributed by atoms with van der Waals surface area (Å²) in [7, 11) is 0. The Labute approximate surface area is 136 Å². The van der Waals surface area contributed by atoms with E-state index in [1.807, 2.05) is 50.2 Å². The van der Waals surface area contributed by atoms with E-state index in [0.29, 0.717) is 6.42 Å². The molecule has 0 bridgehead atoms. The van der Waals surface area contributed by atoms with Crippen LogP contribution < -0.4 is 0 Å². The summed E-state index contributed by atoms with van der Waals surface area (Å²) in [5, 5.41) is 9.64. The molecule has 0 aromatic heterocycles. The van der Waals surface area contributed by atoms with Crippen LogP contribution in [0.25, 0.3) is 0 Å². The highest BCUT2D eigenvalue weighted by Gasteiger charge is 2.33. The van der Waals surface area contributed by atoms with E-state index in [0.717, 1.165) is 16.7 Å². The first-order valence-electron chi connectivity index (χ1n) is 7.87. The standard InChI is InChI=1S/C19H21NO3/c1-13-10-16-11-17(21)8-9-18(16)14(2)20(13)19(22)23-12-15-6-4-3-5-7-15/h3-9,11,13-14,21H,10,12H2,1-2H3. The minimum absolute atomic E-state index is 0.0302. The van der Waals surface area contributed by atoms with Crippen LogP contribution in [0.2, 0.25) is 0 Å². The van der Waals surface area contributed by atoms with Crippen molar-refractivity contribution in [2.75, 3.05) is 0 Å². The highest BCUT2D eigenvalue weighted by Crippen LogP contribution is 2.35. The van der Waals surface area contributed by atoms with Crippen molar-refractivity contribution in [2.24, 2.45) is 0 Å². The van der Waals surface area contributed by atoms with Crippen molar-refractivity contribution >= 4 is 6.09 Å². The Morgan fingerprint density at radius 2 is 1.96 bits per heavy atom. The molecule has 1 aliphatic heterocycles. The Bertz CT molecular complexity index is 699. The number of carbonyl (C=O) groups is 1. The zero-order chi connectivity index (χ0) is 16.4. The van der Waals surface area contributed by atoms with E-state index in [1.54, 1.807) is 17.0 Å². The van der Waals surface area contributed by atoms with Gasteiger partial charge in [-0.3, -0.25) is 4.90 Å². The largest absolute Gasteiger partial charge is 0.508 e. The molecule has 1 N–H and O–H groups in total. The summed E-state index contributed by atoms with van der Waals surface area (Å²) in [6.45, 7) is 4.28. The number of hydrogen-bond acceptors (Lipinski definition) is 3. The molecule has 1 heterocycles. The summed E-state index contributed by atoms with van der Waals surface area (Å²) in [5.41, 5.74) is 3.14. The van der Waals surface area contributed by atoms with Gasteiger partial charge >= 0.3 is 6.09 Å². The lowest BCUT2D eigenvalue weighted by Crippen LogP contribution is -2.45. The molecule has 4 heteroatoms. The van der Waals surface area contributed by atoms with E-state index in [4.69, 9.17) is 4.74 Å². The number of nitrogens with zero attached hydrogens (tertiary/aromatic N) is 1. The normalized spacial score (nSPS) is 20.0. The maximum atomic E-state index is 12.5. The van der Waals surface area contributed by atoms with E-state index in [9.17, 15) is 9.90 Å². The van der Waals surface area contributed by atoms with Gasteiger partial charge in [0.1, 0.15) is 12.4 Å². The van der Waals surface area contributed by atoms with Crippen molar-refractivity contribution in [1.82, 2.24) is 4.90 Å². The second-order valence-corrected chi connectivity index (χ2v) is 6.06. The number of carbonyl (C=O) groups excluding carboxylic acids is 1. The van der Waals surface area contributed by atoms with Gasteiger partial charge in [-0.15, -0.1) is 0 Å². The number of rotatable bonds is 2. The Morgan fingerprint density at radius 3 is 2.70 bits per heavy atom. The fraction of sp³-hybridized carbons (Fsp3) is 0.316. The minimum atomic E-state index is -0.299. The van der Waals surface area contributed by atoms with Crippen LogP contribution in [0, 0.1) is 0 Å².